The van der Waals surface area contributed by atoms with Crippen LogP contribution in [0.2, 0.25) is 0 Å². The number of hydrogen-bond donors (Lipinski definition) is 2. The molecule has 0 aromatic heterocycles. The fourth-order valence-electron chi connectivity index (χ4n) is 2.28. The summed E-state index contributed by atoms with van der Waals surface area (Å²) in [5, 5.41) is 20.5. The maximum Gasteiger partial charge on any atom is 0.0719 e. The molecule has 2 bridgehead atoms. The Morgan fingerprint density at radius 3 is 2.50 bits per heavy atom. The van der Waals surface area contributed by atoms with Crippen molar-refractivity contribution in [1.82, 2.24) is 5.06 Å². The summed E-state index contributed by atoms with van der Waals surface area (Å²) >= 11 is 6.04. The van der Waals surface area contributed by atoms with Crippen molar-refractivity contribution in [3.63, 3.8) is 0 Å². The minimum atomic E-state index is -0.365. The highest BCUT2D eigenvalue weighted by atomic mass is 35.5. The lowest BCUT2D eigenvalue weighted by atomic mass is 9.84. The summed E-state index contributed by atoms with van der Waals surface area (Å²) in [7, 11) is 0. The van der Waals surface area contributed by atoms with Crippen molar-refractivity contribution in [1.29, 1.82) is 0 Å². The van der Waals surface area contributed by atoms with Gasteiger partial charge >= 0.3 is 0 Å². The fraction of sp³-hybridized carbons (Fsp3) is 1.00. The molecular formula is C8H14ClNO2. The van der Waals surface area contributed by atoms with Crippen molar-refractivity contribution in [3.05, 3.63) is 0 Å². The maximum absolute atomic E-state index is 9.62. The van der Waals surface area contributed by atoms with Crippen LogP contribution in [-0.2, 0) is 0 Å². The normalized spacial score (nSPS) is 49.2. The van der Waals surface area contributed by atoms with Crippen LogP contribution in [0.3, 0.4) is 0 Å². The van der Waals surface area contributed by atoms with E-state index in [0.717, 1.165) is 25.7 Å². The number of piperidine rings is 2. The second-order valence-electron chi connectivity index (χ2n) is 3.75. The SMILES string of the molecule is OC1CCC2C(Cl)CCC1N2O. The molecule has 12 heavy (non-hydrogen) atoms. The van der Waals surface area contributed by atoms with Gasteiger partial charge in [-0.15, -0.1) is 11.6 Å². The fourth-order valence-corrected chi connectivity index (χ4v) is 2.65. The van der Waals surface area contributed by atoms with Crippen LogP contribution < -0.4 is 0 Å². The van der Waals surface area contributed by atoms with Crippen molar-refractivity contribution in [3.8, 4) is 0 Å². The number of halogens is 1. The zero-order valence-electron chi connectivity index (χ0n) is 6.86. The molecular weight excluding hydrogens is 178 g/mol. The van der Waals surface area contributed by atoms with Crippen LogP contribution in [0.5, 0.6) is 0 Å². The quantitative estimate of drug-likeness (QED) is 0.561. The Bertz CT molecular complexity index is 160. The van der Waals surface area contributed by atoms with E-state index in [4.69, 9.17) is 11.6 Å². The summed E-state index contributed by atoms with van der Waals surface area (Å²) in [6, 6.07) is -0.00688. The van der Waals surface area contributed by atoms with Gasteiger partial charge in [-0.05, 0) is 25.7 Å². The summed E-state index contributed by atoms with van der Waals surface area (Å²) in [6.07, 6.45) is 2.93. The Balaban J connectivity index is 2.12. The summed E-state index contributed by atoms with van der Waals surface area (Å²) in [5.74, 6) is 0. The van der Waals surface area contributed by atoms with Gasteiger partial charge in [0.2, 0.25) is 0 Å². The van der Waals surface area contributed by atoms with Gasteiger partial charge in [0.1, 0.15) is 0 Å². The first-order chi connectivity index (χ1) is 5.70. The van der Waals surface area contributed by atoms with Gasteiger partial charge in [0.05, 0.1) is 23.6 Å². The molecule has 4 atom stereocenters. The molecule has 2 rings (SSSR count). The van der Waals surface area contributed by atoms with E-state index in [0.29, 0.717) is 0 Å². The second-order valence-corrected chi connectivity index (χ2v) is 4.31. The standard InChI is InChI=1S/C8H14ClNO2/c9-5-1-2-7-8(11)4-3-6(5)10(7)12/h5-8,11-12H,1-4H2. The topological polar surface area (TPSA) is 43.7 Å². The van der Waals surface area contributed by atoms with Crippen molar-refractivity contribution >= 4 is 11.6 Å². The van der Waals surface area contributed by atoms with Crippen molar-refractivity contribution in [2.75, 3.05) is 0 Å². The van der Waals surface area contributed by atoms with Gasteiger partial charge in [-0.25, -0.2) is 0 Å². The molecule has 70 valence electrons. The third-order valence-corrected chi connectivity index (χ3v) is 3.55. The van der Waals surface area contributed by atoms with Crippen LogP contribution in [0.15, 0.2) is 0 Å². The van der Waals surface area contributed by atoms with Gasteiger partial charge in [-0.3, -0.25) is 0 Å². The van der Waals surface area contributed by atoms with E-state index in [1.54, 1.807) is 0 Å². The molecule has 2 heterocycles. The first kappa shape index (κ1) is 8.75. The highest BCUT2D eigenvalue weighted by molar-refractivity contribution is 6.21. The van der Waals surface area contributed by atoms with Gasteiger partial charge in [0.25, 0.3) is 0 Å². The molecule has 0 spiro atoms. The molecule has 0 aliphatic carbocycles. The van der Waals surface area contributed by atoms with Crippen LogP contribution in [0.1, 0.15) is 25.7 Å². The lowest BCUT2D eigenvalue weighted by Gasteiger charge is -2.46. The number of rotatable bonds is 0. The third kappa shape index (κ3) is 1.25. The summed E-state index contributed by atoms with van der Waals surface area (Å²) in [4.78, 5) is 0. The molecule has 0 saturated carbocycles. The predicted molar refractivity (Wildman–Crippen MR) is 45.3 cm³/mol. The second kappa shape index (κ2) is 3.14. The van der Waals surface area contributed by atoms with Crippen molar-refractivity contribution < 1.29 is 10.3 Å². The first-order valence-corrected chi connectivity index (χ1v) is 4.93. The van der Waals surface area contributed by atoms with Gasteiger partial charge in [-0.2, -0.15) is 5.06 Å². The molecule has 0 radical (unpaired) electrons. The van der Waals surface area contributed by atoms with Gasteiger partial charge in [0, 0.05) is 0 Å². The number of fused-ring (bicyclic) bond motifs is 2. The number of alkyl halides is 1. The Kier molecular flexibility index (Phi) is 2.29. The lowest BCUT2D eigenvalue weighted by Crippen LogP contribution is -2.58. The van der Waals surface area contributed by atoms with Crippen molar-refractivity contribution in [2.24, 2.45) is 0 Å². The van der Waals surface area contributed by atoms with Crippen LogP contribution >= 0.6 is 11.6 Å². The predicted octanol–water partition coefficient (Wildman–Crippen LogP) is 0.971. The largest absolute Gasteiger partial charge is 0.391 e. The smallest absolute Gasteiger partial charge is 0.0719 e. The highest BCUT2D eigenvalue weighted by Gasteiger charge is 2.42. The van der Waals surface area contributed by atoms with Crippen LogP contribution in [0, 0.1) is 0 Å². The van der Waals surface area contributed by atoms with Crippen LogP contribution in [-0.4, -0.2) is 38.9 Å². The Hall–Kier alpha value is 0.170. The van der Waals surface area contributed by atoms with Gasteiger partial charge < -0.3 is 10.3 Å². The zero-order valence-corrected chi connectivity index (χ0v) is 7.61. The summed E-state index contributed by atoms with van der Waals surface area (Å²) < 4.78 is 0. The molecule has 2 aliphatic rings. The number of aliphatic hydroxyl groups is 1. The third-order valence-electron chi connectivity index (χ3n) is 3.04. The van der Waals surface area contributed by atoms with Crippen molar-refractivity contribution in [2.45, 2.75) is 49.2 Å². The molecule has 2 aliphatic heterocycles. The van der Waals surface area contributed by atoms with E-state index >= 15 is 0 Å². The number of hydroxylamine groups is 2. The molecule has 0 aromatic rings. The molecule has 0 amide bonds. The lowest BCUT2D eigenvalue weighted by molar-refractivity contribution is -0.220. The Morgan fingerprint density at radius 1 is 1.08 bits per heavy atom. The number of aliphatic hydroxyl groups excluding tert-OH is 1. The molecule has 2 saturated heterocycles. The van der Waals surface area contributed by atoms with Gasteiger partial charge in [-0.1, -0.05) is 0 Å². The highest BCUT2D eigenvalue weighted by Crippen LogP contribution is 2.35. The summed E-state index contributed by atoms with van der Waals surface area (Å²) in [6.45, 7) is 0. The molecule has 2 fully saturated rings. The van der Waals surface area contributed by atoms with Crippen LogP contribution in [0.25, 0.3) is 0 Å². The molecule has 2 N–H and O–H groups in total. The zero-order chi connectivity index (χ0) is 8.72. The monoisotopic (exact) mass is 191 g/mol. The van der Waals surface area contributed by atoms with E-state index in [9.17, 15) is 10.3 Å². The van der Waals surface area contributed by atoms with Gasteiger partial charge in [0.15, 0.2) is 0 Å². The summed E-state index contributed by atoms with van der Waals surface area (Å²) in [5.41, 5.74) is 0. The number of hydrogen-bond acceptors (Lipinski definition) is 3. The minimum absolute atomic E-state index is 0.0544. The average Bonchev–Trinajstić information content (AvgIpc) is 2.01. The minimum Gasteiger partial charge on any atom is -0.391 e. The molecule has 4 heteroatoms. The van der Waals surface area contributed by atoms with E-state index in [-0.39, 0.29) is 23.6 Å². The van der Waals surface area contributed by atoms with Crippen LogP contribution in [0.4, 0.5) is 0 Å². The Morgan fingerprint density at radius 2 is 1.75 bits per heavy atom. The number of nitrogens with zero attached hydrogens (tertiary/aromatic N) is 1. The molecule has 3 nitrogen and oxygen atoms in total. The maximum atomic E-state index is 9.62. The van der Waals surface area contributed by atoms with E-state index in [1.165, 1.54) is 5.06 Å². The Labute approximate surface area is 76.9 Å². The average molecular weight is 192 g/mol. The molecule has 4 unspecified atom stereocenters. The van der Waals surface area contributed by atoms with E-state index in [1.807, 2.05) is 0 Å². The molecule has 0 aromatic carbocycles. The van der Waals surface area contributed by atoms with E-state index in [2.05, 4.69) is 0 Å². The van der Waals surface area contributed by atoms with E-state index < -0.39 is 0 Å². The first-order valence-electron chi connectivity index (χ1n) is 4.49.